The van der Waals surface area contributed by atoms with Crippen LogP contribution >= 0.6 is 0 Å². The van der Waals surface area contributed by atoms with E-state index in [0.717, 1.165) is 0 Å². The third kappa shape index (κ3) is 3.49. The summed E-state index contributed by atoms with van der Waals surface area (Å²) in [6.45, 7) is -0.430. The van der Waals surface area contributed by atoms with E-state index in [9.17, 15) is 15.0 Å². The molecule has 1 aliphatic heterocycles. The number of carbonyl (C=O) groups is 1. The van der Waals surface area contributed by atoms with Crippen molar-refractivity contribution in [3.05, 3.63) is 29.8 Å². The molecule has 0 spiro atoms. The summed E-state index contributed by atoms with van der Waals surface area (Å²) in [6.07, 6.45) is -4.38. The van der Waals surface area contributed by atoms with Gasteiger partial charge in [-0.1, -0.05) is 6.07 Å². The first-order valence-electron chi connectivity index (χ1n) is 6.39. The minimum Gasteiger partial charge on any atom is -0.497 e. The van der Waals surface area contributed by atoms with Crippen molar-refractivity contribution < 1.29 is 29.6 Å². The quantitative estimate of drug-likeness (QED) is 0.414. The Balaban J connectivity index is 1.92. The zero-order valence-electron chi connectivity index (χ0n) is 11.4. The van der Waals surface area contributed by atoms with E-state index >= 15 is 0 Å². The molecule has 0 saturated carbocycles. The van der Waals surface area contributed by atoms with Gasteiger partial charge in [-0.15, -0.1) is 0 Å². The van der Waals surface area contributed by atoms with Gasteiger partial charge < -0.3 is 24.8 Å². The van der Waals surface area contributed by atoms with Crippen molar-refractivity contribution in [1.82, 2.24) is 10.9 Å². The van der Waals surface area contributed by atoms with Crippen LogP contribution in [0.3, 0.4) is 0 Å². The molecule has 1 amide bonds. The minimum absolute atomic E-state index is 0.355. The van der Waals surface area contributed by atoms with Crippen LogP contribution in [-0.4, -0.2) is 59.5 Å². The highest BCUT2D eigenvalue weighted by Gasteiger charge is 2.42. The molecule has 1 heterocycles. The molecular formula is C13H18N2O6. The van der Waals surface area contributed by atoms with Crippen LogP contribution in [0.2, 0.25) is 0 Å². The van der Waals surface area contributed by atoms with Gasteiger partial charge in [0.1, 0.15) is 24.1 Å². The number of rotatable bonds is 5. The van der Waals surface area contributed by atoms with Gasteiger partial charge in [-0.2, -0.15) is 0 Å². The Bertz CT molecular complexity index is 497. The van der Waals surface area contributed by atoms with Gasteiger partial charge >= 0.3 is 0 Å². The lowest BCUT2D eigenvalue weighted by Crippen LogP contribution is -2.49. The Morgan fingerprint density at radius 1 is 1.38 bits per heavy atom. The molecule has 21 heavy (non-hydrogen) atoms. The first-order valence-corrected chi connectivity index (χ1v) is 6.39. The second kappa shape index (κ2) is 6.83. The summed E-state index contributed by atoms with van der Waals surface area (Å²) >= 11 is 0. The topological polar surface area (TPSA) is 120 Å². The summed E-state index contributed by atoms with van der Waals surface area (Å²) in [7, 11) is 1.49. The van der Waals surface area contributed by atoms with Crippen molar-refractivity contribution >= 4 is 5.91 Å². The van der Waals surface area contributed by atoms with E-state index in [-0.39, 0.29) is 0 Å². The van der Waals surface area contributed by atoms with E-state index in [0.29, 0.717) is 11.3 Å². The predicted molar refractivity (Wildman–Crippen MR) is 71.4 cm³/mol. The van der Waals surface area contributed by atoms with Crippen LogP contribution in [0.5, 0.6) is 5.75 Å². The first kappa shape index (κ1) is 15.7. The van der Waals surface area contributed by atoms with Gasteiger partial charge in [-0.05, 0) is 18.2 Å². The average Bonchev–Trinajstić information content (AvgIpc) is 2.80. The fraction of sp³-hybridized carbons (Fsp3) is 0.462. The molecule has 1 aromatic carbocycles. The molecule has 0 aliphatic carbocycles. The fourth-order valence-electron chi connectivity index (χ4n) is 1.99. The summed E-state index contributed by atoms with van der Waals surface area (Å²) in [4.78, 5) is 11.9. The number of methoxy groups -OCH3 is 1. The largest absolute Gasteiger partial charge is 0.497 e. The molecule has 0 unspecified atom stereocenters. The number of nitrogens with one attached hydrogen (secondary N) is 2. The molecule has 8 heteroatoms. The van der Waals surface area contributed by atoms with Gasteiger partial charge in [0.25, 0.3) is 5.91 Å². The summed E-state index contributed by atoms with van der Waals surface area (Å²) in [6, 6.07) is 6.52. The second-order valence-electron chi connectivity index (χ2n) is 4.59. The van der Waals surface area contributed by atoms with Gasteiger partial charge in [0, 0.05) is 5.56 Å². The van der Waals surface area contributed by atoms with Crippen molar-refractivity contribution in [2.45, 2.75) is 24.5 Å². The highest BCUT2D eigenvalue weighted by Crippen LogP contribution is 2.19. The van der Waals surface area contributed by atoms with E-state index in [1.807, 2.05) is 0 Å². The maximum Gasteiger partial charge on any atom is 0.265 e. The van der Waals surface area contributed by atoms with Gasteiger partial charge in [-0.25, -0.2) is 5.43 Å². The van der Waals surface area contributed by atoms with E-state index in [1.165, 1.54) is 7.11 Å². The minimum atomic E-state index is -1.26. The summed E-state index contributed by atoms with van der Waals surface area (Å²) in [5.74, 6) is 0.0854. The van der Waals surface area contributed by atoms with Gasteiger partial charge in [0.05, 0.1) is 13.7 Å². The number of carbonyl (C=O) groups excluding carboxylic acids is 1. The maximum atomic E-state index is 11.9. The van der Waals surface area contributed by atoms with Crippen LogP contribution in [-0.2, 0) is 4.74 Å². The average molecular weight is 298 g/mol. The molecule has 0 aromatic heterocycles. The molecule has 1 aromatic rings. The summed E-state index contributed by atoms with van der Waals surface area (Å²) < 4.78 is 10.2. The highest BCUT2D eigenvalue weighted by molar-refractivity contribution is 5.94. The zero-order valence-corrected chi connectivity index (χ0v) is 11.4. The summed E-state index contributed by atoms with van der Waals surface area (Å²) in [5.41, 5.74) is 5.20. The first-order chi connectivity index (χ1) is 10.1. The van der Waals surface area contributed by atoms with Crippen molar-refractivity contribution in [2.24, 2.45) is 0 Å². The Labute approximate surface area is 121 Å². The Morgan fingerprint density at radius 2 is 2.14 bits per heavy atom. The number of hydrazine groups is 1. The Hall–Kier alpha value is -1.71. The number of aliphatic hydroxyl groups excluding tert-OH is 3. The van der Waals surface area contributed by atoms with Crippen LogP contribution in [0.1, 0.15) is 10.4 Å². The maximum absolute atomic E-state index is 11.9. The lowest BCUT2D eigenvalue weighted by molar-refractivity contribution is -0.0375. The van der Waals surface area contributed by atoms with Crippen LogP contribution in [0.15, 0.2) is 24.3 Å². The molecule has 0 bridgehead atoms. The normalized spacial score (nSPS) is 28.4. The molecule has 0 radical (unpaired) electrons. The van der Waals surface area contributed by atoms with Crippen LogP contribution < -0.4 is 15.6 Å². The smallest absolute Gasteiger partial charge is 0.265 e. The molecule has 5 N–H and O–H groups in total. The van der Waals surface area contributed by atoms with Gasteiger partial charge in [-0.3, -0.25) is 10.2 Å². The molecule has 4 atom stereocenters. The molecule has 8 nitrogen and oxygen atoms in total. The predicted octanol–water partition coefficient (Wildman–Crippen LogP) is -1.63. The molecule has 116 valence electrons. The third-order valence-corrected chi connectivity index (χ3v) is 3.20. The Kier molecular flexibility index (Phi) is 5.10. The van der Waals surface area contributed by atoms with Gasteiger partial charge in [0.2, 0.25) is 0 Å². The SMILES string of the molecule is COc1cccc(C(=O)NN[C@@H]2O[C@H](CO)[C@@H](O)[C@H]2O)c1. The van der Waals surface area contributed by atoms with Crippen LogP contribution in [0, 0.1) is 0 Å². The Morgan fingerprint density at radius 3 is 2.76 bits per heavy atom. The van der Waals surface area contributed by atoms with E-state index in [2.05, 4.69) is 10.9 Å². The second-order valence-corrected chi connectivity index (χ2v) is 4.59. The number of benzene rings is 1. The fourth-order valence-corrected chi connectivity index (χ4v) is 1.99. The highest BCUT2D eigenvalue weighted by atomic mass is 16.6. The van der Waals surface area contributed by atoms with E-state index < -0.39 is 37.1 Å². The summed E-state index contributed by atoms with van der Waals surface area (Å²) in [5, 5.41) is 28.2. The zero-order chi connectivity index (χ0) is 15.4. The van der Waals surface area contributed by atoms with E-state index in [4.69, 9.17) is 14.6 Å². The van der Waals surface area contributed by atoms with E-state index in [1.54, 1.807) is 24.3 Å². The lowest BCUT2D eigenvalue weighted by atomic mass is 10.1. The number of hydrogen-bond donors (Lipinski definition) is 5. The lowest BCUT2D eigenvalue weighted by Gasteiger charge is -2.17. The van der Waals surface area contributed by atoms with Crippen LogP contribution in [0.25, 0.3) is 0 Å². The van der Waals surface area contributed by atoms with Crippen LogP contribution in [0.4, 0.5) is 0 Å². The molecule has 2 rings (SSSR count). The standard InChI is InChI=1S/C13H18N2O6/c1-20-8-4-2-3-7(5-8)12(19)14-15-13-11(18)10(17)9(6-16)21-13/h2-5,9-11,13,15-18H,6H2,1H3,(H,14,19)/t9-,10-,11-,13-/m1/s1. The van der Waals surface area contributed by atoms with Gasteiger partial charge in [0.15, 0.2) is 6.23 Å². The number of hydrogen-bond acceptors (Lipinski definition) is 7. The molecule has 1 saturated heterocycles. The molecule has 1 aliphatic rings. The van der Waals surface area contributed by atoms with Crippen molar-refractivity contribution in [2.75, 3.05) is 13.7 Å². The number of amides is 1. The number of ether oxygens (including phenoxy) is 2. The molecular weight excluding hydrogens is 280 g/mol. The van der Waals surface area contributed by atoms with Crippen molar-refractivity contribution in [1.29, 1.82) is 0 Å². The molecule has 1 fully saturated rings. The van der Waals surface area contributed by atoms with Crippen molar-refractivity contribution in [3.63, 3.8) is 0 Å². The monoisotopic (exact) mass is 298 g/mol. The van der Waals surface area contributed by atoms with Crippen molar-refractivity contribution in [3.8, 4) is 5.75 Å². The third-order valence-electron chi connectivity index (χ3n) is 3.20. The number of aliphatic hydroxyl groups is 3.